The van der Waals surface area contributed by atoms with Crippen LogP contribution in [0.3, 0.4) is 0 Å². The predicted octanol–water partition coefficient (Wildman–Crippen LogP) is 4.21. The number of thiophene rings is 1. The van der Waals surface area contributed by atoms with Crippen molar-refractivity contribution in [3.8, 4) is 10.6 Å². The maximum Gasteiger partial charge on any atom is 0.259 e. The summed E-state index contributed by atoms with van der Waals surface area (Å²) in [7, 11) is 3.39. The van der Waals surface area contributed by atoms with E-state index in [1.54, 1.807) is 51.4 Å². The third-order valence-corrected chi connectivity index (χ3v) is 5.32. The quantitative estimate of drug-likeness (QED) is 0.548. The van der Waals surface area contributed by atoms with Gasteiger partial charge in [0.15, 0.2) is 0 Å². The maximum atomic E-state index is 13.0. The molecular formula is C21H18N4O3S. The van der Waals surface area contributed by atoms with Gasteiger partial charge in [0.1, 0.15) is 0 Å². The molecule has 0 saturated carbocycles. The second-order valence-corrected chi connectivity index (χ2v) is 7.66. The molecule has 0 radical (unpaired) electrons. The number of aryl methyl sites for hydroxylation is 1. The molecule has 8 heteroatoms. The summed E-state index contributed by atoms with van der Waals surface area (Å²) < 4.78 is 5.31. The molecule has 0 fully saturated rings. The van der Waals surface area contributed by atoms with Crippen LogP contribution in [0, 0.1) is 6.92 Å². The van der Waals surface area contributed by atoms with Crippen molar-refractivity contribution in [3.63, 3.8) is 0 Å². The van der Waals surface area contributed by atoms with E-state index in [9.17, 15) is 9.59 Å². The van der Waals surface area contributed by atoms with Crippen LogP contribution in [0.15, 0.2) is 52.4 Å². The number of benzene rings is 1. The Kier molecular flexibility index (Phi) is 4.85. The van der Waals surface area contributed by atoms with E-state index in [4.69, 9.17) is 4.52 Å². The molecule has 0 spiro atoms. The number of hydrogen-bond donors (Lipinski definition) is 1. The molecule has 1 N–H and O–H groups in total. The van der Waals surface area contributed by atoms with Crippen LogP contribution in [0.2, 0.25) is 0 Å². The fourth-order valence-electron chi connectivity index (χ4n) is 2.98. The van der Waals surface area contributed by atoms with Crippen molar-refractivity contribution < 1.29 is 14.1 Å². The monoisotopic (exact) mass is 406 g/mol. The van der Waals surface area contributed by atoms with Gasteiger partial charge in [-0.3, -0.25) is 9.59 Å². The van der Waals surface area contributed by atoms with E-state index < -0.39 is 0 Å². The number of nitrogens with one attached hydrogen (secondary N) is 1. The SMILES string of the molecule is Cc1noc2nc(-c3cccs3)cc(C(=O)Nc3ccc(C(=O)N(C)C)cc3)c12. The molecule has 0 bridgehead atoms. The average Bonchev–Trinajstić information content (AvgIpc) is 3.37. The van der Waals surface area contributed by atoms with E-state index in [1.807, 2.05) is 17.5 Å². The molecule has 0 atom stereocenters. The minimum atomic E-state index is -0.298. The number of hydrogen-bond acceptors (Lipinski definition) is 6. The van der Waals surface area contributed by atoms with Crippen molar-refractivity contribution in [2.45, 2.75) is 6.92 Å². The molecule has 3 heterocycles. The van der Waals surface area contributed by atoms with E-state index in [-0.39, 0.29) is 11.8 Å². The van der Waals surface area contributed by atoms with Crippen LogP contribution in [0.4, 0.5) is 5.69 Å². The first kappa shape index (κ1) is 18.8. The molecule has 0 saturated heterocycles. The lowest BCUT2D eigenvalue weighted by atomic mass is 10.1. The molecule has 0 aliphatic carbocycles. The minimum Gasteiger partial charge on any atom is -0.345 e. The highest BCUT2D eigenvalue weighted by molar-refractivity contribution is 7.13. The second-order valence-electron chi connectivity index (χ2n) is 6.71. The summed E-state index contributed by atoms with van der Waals surface area (Å²) >= 11 is 1.53. The van der Waals surface area contributed by atoms with Crippen molar-refractivity contribution in [1.29, 1.82) is 0 Å². The van der Waals surface area contributed by atoms with E-state index in [0.717, 1.165) is 4.88 Å². The molecule has 4 rings (SSSR count). The van der Waals surface area contributed by atoms with E-state index >= 15 is 0 Å². The van der Waals surface area contributed by atoms with Gasteiger partial charge in [-0.15, -0.1) is 11.3 Å². The highest BCUT2D eigenvalue weighted by Crippen LogP contribution is 2.30. The van der Waals surface area contributed by atoms with Crippen LogP contribution in [-0.4, -0.2) is 41.0 Å². The summed E-state index contributed by atoms with van der Waals surface area (Å²) in [5.74, 6) is -0.396. The van der Waals surface area contributed by atoms with Crippen molar-refractivity contribution in [3.05, 3.63) is 64.7 Å². The summed E-state index contributed by atoms with van der Waals surface area (Å²) in [5, 5.41) is 9.37. The largest absolute Gasteiger partial charge is 0.345 e. The van der Waals surface area contributed by atoms with Crippen LogP contribution in [0.25, 0.3) is 21.7 Å². The van der Waals surface area contributed by atoms with Gasteiger partial charge in [-0.1, -0.05) is 11.2 Å². The number of fused-ring (bicyclic) bond motifs is 1. The topological polar surface area (TPSA) is 88.3 Å². The smallest absolute Gasteiger partial charge is 0.259 e. The fourth-order valence-corrected chi connectivity index (χ4v) is 3.66. The molecule has 146 valence electrons. The Hall–Kier alpha value is -3.52. The lowest BCUT2D eigenvalue weighted by molar-refractivity contribution is 0.0827. The number of carbonyl (C=O) groups excluding carboxylic acids is 2. The molecule has 7 nitrogen and oxygen atoms in total. The molecule has 3 aromatic heterocycles. The van der Waals surface area contributed by atoms with Gasteiger partial charge in [0.25, 0.3) is 17.5 Å². The number of aromatic nitrogens is 2. The van der Waals surface area contributed by atoms with Crippen molar-refractivity contribution in [1.82, 2.24) is 15.0 Å². The zero-order valence-electron chi connectivity index (χ0n) is 16.1. The minimum absolute atomic E-state index is 0.0978. The average molecular weight is 406 g/mol. The lowest BCUT2D eigenvalue weighted by Gasteiger charge is -2.11. The number of nitrogens with zero attached hydrogens (tertiary/aromatic N) is 3. The highest BCUT2D eigenvalue weighted by atomic mass is 32.1. The summed E-state index contributed by atoms with van der Waals surface area (Å²) in [5.41, 5.74) is 3.15. The van der Waals surface area contributed by atoms with Gasteiger partial charge in [-0.2, -0.15) is 0 Å². The Morgan fingerprint density at radius 2 is 1.90 bits per heavy atom. The maximum absolute atomic E-state index is 13.0. The fraction of sp³-hybridized carbons (Fsp3) is 0.143. The molecule has 4 aromatic rings. The third kappa shape index (κ3) is 3.62. The van der Waals surface area contributed by atoms with Crippen LogP contribution < -0.4 is 5.32 Å². The van der Waals surface area contributed by atoms with Crippen molar-refractivity contribution in [2.24, 2.45) is 0 Å². The van der Waals surface area contributed by atoms with Gasteiger partial charge in [0, 0.05) is 25.3 Å². The molecule has 0 unspecified atom stereocenters. The van der Waals surface area contributed by atoms with Crippen molar-refractivity contribution >= 4 is 39.9 Å². The Balaban J connectivity index is 1.68. The first-order valence-corrected chi connectivity index (χ1v) is 9.76. The van der Waals surface area contributed by atoms with Gasteiger partial charge < -0.3 is 14.7 Å². The number of rotatable bonds is 4. The summed E-state index contributed by atoms with van der Waals surface area (Å²) in [6.45, 7) is 1.77. The number of pyridine rings is 1. The molecule has 0 aliphatic rings. The number of carbonyl (C=O) groups is 2. The zero-order chi connectivity index (χ0) is 20.5. The molecule has 0 aliphatic heterocycles. The van der Waals surface area contributed by atoms with Gasteiger partial charge in [0.05, 0.1) is 27.2 Å². The number of amides is 2. The first-order valence-electron chi connectivity index (χ1n) is 8.88. The molecule has 29 heavy (non-hydrogen) atoms. The van der Waals surface area contributed by atoms with Crippen LogP contribution >= 0.6 is 11.3 Å². The van der Waals surface area contributed by atoms with Gasteiger partial charge in [-0.05, 0) is 48.7 Å². The van der Waals surface area contributed by atoms with Crippen LogP contribution in [0.1, 0.15) is 26.4 Å². The number of anilines is 1. The van der Waals surface area contributed by atoms with E-state index in [0.29, 0.717) is 39.3 Å². The second kappa shape index (κ2) is 7.48. The molecule has 2 amide bonds. The van der Waals surface area contributed by atoms with E-state index in [2.05, 4.69) is 15.5 Å². The van der Waals surface area contributed by atoms with Gasteiger partial charge in [0.2, 0.25) is 0 Å². The van der Waals surface area contributed by atoms with Crippen LogP contribution in [0.5, 0.6) is 0 Å². The predicted molar refractivity (Wildman–Crippen MR) is 112 cm³/mol. The Morgan fingerprint density at radius 1 is 1.14 bits per heavy atom. The summed E-state index contributed by atoms with van der Waals surface area (Å²) in [6.07, 6.45) is 0. The standard InChI is InChI=1S/C21H18N4O3S/c1-12-18-15(11-16(17-5-4-10-29-17)23-20(18)28-24-12)19(26)22-14-8-6-13(7-9-14)21(27)25(2)3/h4-11H,1-3H3,(H,22,26). The normalized spacial score (nSPS) is 10.9. The molecule has 1 aromatic carbocycles. The molecular weight excluding hydrogens is 388 g/mol. The Bertz CT molecular complexity index is 1190. The summed E-state index contributed by atoms with van der Waals surface area (Å²) in [6, 6.07) is 12.4. The van der Waals surface area contributed by atoms with E-state index in [1.165, 1.54) is 16.2 Å². The zero-order valence-corrected chi connectivity index (χ0v) is 16.9. The third-order valence-electron chi connectivity index (χ3n) is 4.43. The van der Waals surface area contributed by atoms with Gasteiger partial charge in [-0.25, -0.2) is 4.98 Å². The Morgan fingerprint density at radius 3 is 2.55 bits per heavy atom. The van der Waals surface area contributed by atoms with Crippen LogP contribution in [-0.2, 0) is 0 Å². The van der Waals surface area contributed by atoms with Gasteiger partial charge >= 0.3 is 0 Å². The highest BCUT2D eigenvalue weighted by Gasteiger charge is 2.20. The van der Waals surface area contributed by atoms with Crippen molar-refractivity contribution in [2.75, 3.05) is 19.4 Å². The Labute approximate surface area is 171 Å². The first-order chi connectivity index (χ1) is 13.9. The lowest BCUT2D eigenvalue weighted by Crippen LogP contribution is -2.21. The summed E-state index contributed by atoms with van der Waals surface area (Å²) in [4.78, 5) is 32.0.